The third kappa shape index (κ3) is 7.81. The van der Waals surface area contributed by atoms with E-state index in [0.717, 1.165) is 36.8 Å². The van der Waals surface area contributed by atoms with E-state index in [4.69, 9.17) is 34.8 Å². The van der Waals surface area contributed by atoms with Crippen molar-refractivity contribution in [2.24, 2.45) is 0 Å². The first-order valence-corrected chi connectivity index (χ1v) is 13.5. The first-order valence-electron chi connectivity index (χ1n) is 11.2. The Morgan fingerprint density at radius 3 is 2.33 bits per heavy atom. The summed E-state index contributed by atoms with van der Waals surface area (Å²) < 4.78 is 0. The summed E-state index contributed by atoms with van der Waals surface area (Å²) in [5.41, 5.74) is 1.94. The molecule has 0 heterocycles. The van der Waals surface area contributed by atoms with Gasteiger partial charge in [0.1, 0.15) is 6.04 Å². The molecule has 0 spiro atoms. The number of hydrogen-bond acceptors (Lipinski definition) is 3. The normalized spacial score (nSPS) is 14.8. The Hall–Kier alpha value is -1.40. The van der Waals surface area contributed by atoms with Crippen LogP contribution in [-0.2, 0) is 21.9 Å². The number of carbonyl (C=O) groups excluding carboxylic acids is 2. The molecule has 2 aromatic rings. The number of thioether (sulfide) groups is 1. The van der Waals surface area contributed by atoms with E-state index in [2.05, 4.69) is 5.32 Å². The Morgan fingerprint density at radius 1 is 1.03 bits per heavy atom. The molecular weight excluding hydrogens is 499 g/mol. The van der Waals surface area contributed by atoms with E-state index in [-0.39, 0.29) is 23.6 Å². The summed E-state index contributed by atoms with van der Waals surface area (Å²) in [4.78, 5) is 28.1. The minimum Gasteiger partial charge on any atom is -0.352 e. The van der Waals surface area contributed by atoms with E-state index >= 15 is 0 Å². The molecular formula is C25H29Cl3N2O2S. The van der Waals surface area contributed by atoms with Crippen LogP contribution in [0.5, 0.6) is 0 Å². The second-order valence-electron chi connectivity index (χ2n) is 8.30. The summed E-state index contributed by atoms with van der Waals surface area (Å²) in [6, 6.07) is 12.6. The van der Waals surface area contributed by atoms with Crippen molar-refractivity contribution in [3.63, 3.8) is 0 Å². The number of carbonyl (C=O) groups is 2. The van der Waals surface area contributed by atoms with Crippen molar-refractivity contribution in [3.05, 3.63) is 68.7 Å². The van der Waals surface area contributed by atoms with Crippen LogP contribution in [0.25, 0.3) is 0 Å². The molecule has 2 amide bonds. The van der Waals surface area contributed by atoms with Gasteiger partial charge in [-0.1, -0.05) is 72.8 Å². The lowest BCUT2D eigenvalue weighted by Crippen LogP contribution is -2.51. The highest BCUT2D eigenvalue weighted by Gasteiger charge is 2.30. The second kappa shape index (κ2) is 12.9. The van der Waals surface area contributed by atoms with Crippen LogP contribution < -0.4 is 5.32 Å². The largest absolute Gasteiger partial charge is 0.352 e. The molecule has 8 heteroatoms. The molecule has 3 rings (SSSR count). The fourth-order valence-corrected chi connectivity index (χ4v) is 5.35. The van der Waals surface area contributed by atoms with Gasteiger partial charge in [-0.05, 0) is 54.7 Å². The molecule has 1 aliphatic carbocycles. The van der Waals surface area contributed by atoms with Crippen molar-refractivity contribution in [3.8, 4) is 0 Å². The van der Waals surface area contributed by atoms with E-state index in [9.17, 15) is 9.59 Å². The van der Waals surface area contributed by atoms with Gasteiger partial charge in [0.25, 0.3) is 0 Å². The molecule has 1 saturated carbocycles. The quantitative estimate of drug-likeness (QED) is 0.372. The number of nitrogens with one attached hydrogen (secondary N) is 1. The highest BCUT2D eigenvalue weighted by Crippen LogP contribution is 2.25. The van der Waals surface area contributed by atoms with Gasteiger partial charge in [-0.2, -0.15) is 0 Å². The molecule has 33 heavy (non-hydrogen) atoms. The fourth-order valence-electron chi connectivity index (χ4n) is 4.04. The average molecular weight is 528 g/mol. The van der Waals surface area contributed by atoms with Gasteiger partial charge in [-0.3, -0.25) is 9.59 Å². The Balaban J connectivity index is 1.69. The summed E-state index contributed by atoms with van der Waals surface area (Å²) in [6.45, 7) is 2.31. The van der Waals surface area contributed by atoms with Crippen molar-refractivity contribution in [1.29, 1.82) is 0 Å². The van der Waals surface area contributed by atoms with Gasteiger partial charge in [-0.15, -0.1) is 11.8 Å². The van der Waals surface area contributed by atoms with Crippen LogP contribution >= 0.6 is 46.6 Å². The first-order chi connectivity index (χ1) is 15.9. The van der Waals surface area contributed by atoms with Crippen LogP contribution in [0.1, 0.15) is 50.2 Å². The fraction of sp³-hybridized carbons (Fsp3) is 0.440. The van der Waals surface area contributed by atoms with E-state index in [1.54, 1.807) is 23.1 Å². The van der Waals surface area contributed by atoms with Crippen molar-refractivity contribution < 1.29 is 9.59 Å². The molecule has 1 fully saturated rings. The van der Waals surface area contributed by atoms with E-state index < -0.39 is 6.04 Å². The van der Waals surface area contributed by atoms with Gasteiger partial charge in [0.2, 0.25) is 11.8 Å². The minimum absolute atomic E-state index is 0.0663. The summed E-state index contributed by atoms with van der Waals surface area (Å²) in [6.07, 6.45) is 4.84. The molecule has 0 aliphatic heterocycles. The number of halogens is 3. The average Bonchev–Trinajstić information content (AvgIpc) is 3.30. The number of rotatable bonds is 10. The van der Waals surface area contributed by atoms with Crippen LogP contribution in [0, 0.1) is 0 Å². The number of benzene rings is 2. The molecule has 0 radical (unpaired) electrons. The third-order valence-electron chi connectivity index (χ3n) is 5.83. The topological polar surface area (TPSA) is 49.4 Å². The lowest BCUT2D eigenvalue weighted by Gasteiger charge is -2.31. The maximum absolute atomic E-state index is 13.3. The van der Waals surface area contributed by atoms with Crippen molar-refractivity contribution >= 4 is 58.4 Å². The molecule has 0 unspecified atom stereocenters. The predicted octanol–water partition coefficient (Wildman–Crippen LogP) is 6.75. The highest BCUT2D eigenvalue weighted by molar-refractivity contribution is 7.99. The summed E-state index contributed by atoms with van der Waals surface area (Å²) in [5.74, 6) is 0.758. The Labute approximate surface area is 215 Å². The van der Waals surface area contributed by atoms with Gasteiger partial charge in [-0.25, -0.2) is 0 Å². The van der Waals surface area contributed by atoms with E-state index in [1.165, 1.54) is 11.8 Å². The molecule has 0 saturated heterocycles. The number of amides is 2. The second-order valence-corrected chi connectivity index (χ2v) is 10.5. The molecule has 1 atom stereocenters. The monoisotopic (exact) mass is 526 g/mol. The van der Waals surface area contributed by atoms with Gasteiger partial charge in [0.05, 0.1) is 15.8 Å². The minimum atomic E-state index is -0.514. The SMILES string of the molecule is CC[C@H](C(=O)NC1CCCC1)N(Cc1ccc(Cl)cc1)C(=O)CSCc1ccc(Cl)c(Cl)c1. The molecule has 2 aromatic carbocycles. The summed E-state index contributed by atoms with van der Waals surface area (Å²) in [7, 11) is 0. The van der Waals surface area contributed by atoms with Crippen LogP contribution in [0.2, 0.25) is 15.1 Å². The van der Waals surface area contributed by atoms with Gasteiger partial charge < -0.3 is 10.2 Å². The van der Waals surface area contributed by atoms with Gasteiger partial charge >= 0.3 is 0 Å². The van der Waals surface area contributed by atoms with Crippen LogP contribution in [0.15, 0.2) is 42.5 Å². The standard InChI is InChI=1S/C25H29Cl3N2O2S/c1-2-23(25(32)29-20-5-3-4-6-20)30(14-17-7-10-19(26)11-8-17)24(31)16-33-15-18-9-12-21(27)22(28)13-18/h7-13,20,23H,2-6,14-16H2,1H3,(H,29,32)/t23-/m1/s1. The molecule has 178 valence electrons. The lowest BCUT2D eigenvalue weighted by molar-refractivity contribution is -0.139. The van der Waals surface area contributed by atoms with Gasteiger partial charge in [0.15, 0.2) is 0 Å². The lowest BCUT2D eigenvalue weighted by atomic mass is 10.1. The molecule has 1 N–H and O–H groups in total. The Morgan fingerprint density at radius 2 is 1.70 bits per heavy atom. The van der Waals surface area contributed by atoms with E-state index in [1.807, 2.05) is 31.2 Å². The van der Waals surface area contributed by atoms with E-state index in [0.29, 0.717) is 33.8 Å². The Kier molecular flexibility index (Phi) is 10.2. The zero-order valence-corrected chi connectivity index (χ0v) is 21.7. The number of hydrogen-bond donors (Lipinski definition) is 1. The maximum atomic E-state index is 13.3. The molecule has 0 aromatic heterocycles. The zero-order valence-electron chi connectivity index (χ0n) is 18.7. The predicted molar refractivity (Wildman–Crippen MR) is 139 cm³/mol. The molecule has 0 bridgehead atoms. The maximum Gasteiger partial charge on any atom is 0.243 e. The number of nitrogens with zero attached hydrogens (tertiary/aromatic N) is 1. The Bertz CT molecular complexity index is 949. The summed E-state index contributed by atoms with van der Waals surface area (Å²) in [5, 5.41) is 4.81. The van der Waals surface area contributed by atoms with Crippen LogP contribution in [-0.4, -0.2) is 34.6 Å². The first kappa shape index (κ1) is 26.2. The van der Waals surface area contributed by atoms with Crippen LogP contribution in [0.3, 0.4) is 0 Å². The van der Waals surface area contributed by atoms with Crippen molar-refractivity contribution in [1.82, 2.24) is 10.2 Å². The van der Waals surface area contributed by atoms with Gasteiger partial charge in [0, 0.05) is 23.4 Å². The highest BCUT2D eigenvalue weighted by atomic mass is 35.5. The smallest absolute Gasteiger partial charge is 0.243 e. The molecule has 4 nitrogen and oxygen atoms in total. The van der Waals surface area contributed by atoms with Crippen molar-refractivity contribution in [2.75, 3.05) is 5.75 Å². The third-order valence-corrected chi connectivity index (χ3v) is 7.81. The zero-order chi connectivity index (χ0) is 23.8. The summed E-state index contributed by atoms with van der Waals surface area (Å²) >= 11 is 19.6. The van der Waals surface area contributed by atoms with Crippen LogP contribution in [0.4, 0.5) is 0 Å². The molecule has 1 aliphatic rings. The van der Waals surface area contributed by atoms with Crippen molar-refractivity contribution in [2.45, 2.75) is 63.4 Å².